The molecule has 1 saturated heterocycles. The van der Waals surface area contributed by atoms with E-state index < -0.39 is 0 Å². The quantitative estimate of drug-likeness (QED) is 0.479. The molecule has 64 valence electrons. The van der Waals surface area contributed by atoms with Crippen LogP contribution in [-0.2, 0) is 4.79 Å². The summed E-state index contributed by atoms with van der Waals surface area (Å²) in [5.74, 6) is 1.34. The summed E-state index contributed by atoms with van der Waals surface area (Å²) in [4.78, 5) is 10.0. The predicted molar refractivity (Wildman–Crippen MR) is 50.0 cm³/mol. The second kappa shape index (κ2) is 5.64. The van der Waals surface area contributed by atoms with Crippen LogP contribution >= 0.6 is 11.8 Å². The van der Waals surface area contributed by atoms with E-state index in [0.717, 1.165) is 24.4 Å². The van der Waals surface area contributed by atoms with Gasteiger partial charge in [0.15, 0.2) is 0 Å². The molecule has 1 unspecified atom stereocenters. The Morgan fingerprint density at radius 2 is 2.36 bits per heavy atom. The van der Waals surface area contributed by atoms with Crippen LogP contribution in [0.25, 0.3) is 0 Å². The third kappa shape index (κ3) is 3.80. The highest BCUT2D eigenvalue weighted by molar-refractivity contribution is 7.99. The van der Waals surface area contributed by atoms with Gasteiger partial charge in [0, 0.05) is 11.7 Å². The maximum atomic E-state index is 10.0. The van der Waals surface area contributed by atoms with E-state index in [1.165, 1.54) is 31.4 Å². The molecule has 1 aliphatic rings. The Morgan fingerprint density at radius 1 is 1.45 bits per heavy atom. The summed E-state index contributed by atoms with van der Waals surface area (Å²) in [5, 5.41) is 0.865. The van der Waals surface area contributed by atoms with Crippen molar-refractivity contribution in [2.75, 3.05) is 5.75 Å². The van der Waals surface area contributed by atoms with Crippen LogP contribution in [0.15, 0.2) is 0 Å². The number of hydrogen-bond acceptors (Lipinski definition) is 2. The van der Waals surface area contributed by atoms with Gasteiger partial charge in [0.05, 0.1) is 0 Å². The minimum Gasteiger partial charge on any atom is -0.303 e. The molecule has 0 spiro atoms. The zero-order valence-corrected chi connectivity index (χ0v) is 7.74. The van der Waals surface area contributed by atoms with Gasteiger partial charge >= 0.3 is 0 Å². The van der Waals surface area contributed by atoms with Gasteiger partial charge in [-0.25, -0.2) is 0 Å². The maximum absolute atomic E-state index is 10.0. The molecule has 0 aromatic rings. The van der Waals surface area contributed by atoms with Crippen LogP contribution in [0.2, 0.25) is 0 Å². The Bertz CT molecular complexity index is 108. The van der Waals surface area contributed by atoms with Crippen molar-refractivity contribution >= 4 is 18.0 Å². The van der Waals surface area contributed by atoms with E-state index in [1.54, 1.807) is 0 Å². The first-order chi connectivity index (χ1) is 5.43. The molecular formula is C9H16OS. The summed E-state index contributed by atoms with van der Waals surface area (Å²) in [6, 6.07) is 0. The molecule has 0 aromatic carbocycles. The molecule has 1 fully saturated rings. The van der Waals surface area contributed by atoms with Gasteiger partial charge in [-0.15, -0.1) is 0 Å². The molecule has 0 amide bonds. The summed E-state index contributed by atoms with van der Waals surface area (Å²) in [5.41, 5.74) is 0. The molecule has 11 heavy (non-hydrogen) atoms. The van der Waals surface area contributed by atoms with E-state index >= 15 is 0 Å². The highest BCUT2D eigenvalue weighted by Gasteiger charge is 2.12. The van der Waals surface area contributed by atoms with Crippen LogP contribution in [0.3, 0.4) is 0 Å². The predicted octanol–water partition coefficient (Wildman–Crippen LogP) is 2.64. The number of thioether (sulfide) groups is 1. The standard InChI is InChI=1S/C9H16OS/c10-7-3-1-5-9-6-2-4-8-11-9/h7,9H,1-6,8H2. The van der Waals surface area contributed by atoms with Crippen molar-refractivity contribution in [1.29, 1.82) is 0 Å². The fraction of sp³-hybridized carbons (Fsp3) is 0.889. The lowest BCUT2D eigenvalue weighted by Crippen LogP contribution is -2.08. The van der Waals surface area contributed by atoms with Gasteiger partial charge in [0.25, 0.3) is 0 Å². The Morgan fingerprint density at radius 3 is 3.00 bits per heavy atom. The molecule has 0 radical (unpaired) electrons. The lowest BCUT2D eigenvalue weighted by Gasteiger charge is -2.20. The maximum Gasteiger partial charge on any atom is 0.119 e. The van der Waals surface area contributed by atoms with Crippen molar-refractivity contribution < 1.29 is 4.79 Å². The molecule has 1 rings (SSSR count). The summed E-state index contributed by atoms with van der Waals surface area (Å²) in [7, 11) is 0. The molecule has 1 atom stereocenters. The van der Waals surface area contributed by atoms with Crippen LogP contribution in [0.4, 0.5) is 0 Å². The van der Waals surface area contributed by atoms with E-state index in [9.17, 15) is 4.79 Å². The zero-order valence-electron chi connectivity index (χ0n) is 6.92. The molecule has 0 aromatic heterocycles. The van der Waals surface area contributed by atoms with Crippen LogP contribution in [0.1, 0.15) is 38.5 Å². The van der Waals surface area contributed by atoms with Crippen molar-refractivity contribution in [3.8, 4) is 0 Å². The molecule has 1 aliphatic heterocycles. The zero-order chi connectivity index (χ0) is 7.94. The number of unbranched alkanes of at least 4 members (excludes halogenated alkanes) is 1. The molecule has 0 N–H and O–H groups in total. The minimum absolute atomic E-state index is 0.761. The molecule has 1 nitrogen and oxygen atoms in total. The van der Waals surface area contributed by atoms with Crippen molar-refractivity contribution in [3.63, 3.8) is 0 Å². The number of hydrogen-bond donors (Lipinski definition) is 0. The van der Waals surface area contributed by atoms with Crippen molar-refractivity contribution in [2.24, 2.45) is 0 Å². The molecule has 2 heteroatoms. The minimum atomic E-state index is 0.761. The van der Waals surface area contributed by atoms with Gasteiger partial charge in [0.1, 0.15) is 6.29 Å². The van der Waals surface area contributed by atoms with Crippen LogP contribution in [-0.4, -0.2) is 17.3 Å². The lowest BCUT2D eigenvalue weighted by atomic mass is 10.1. The Kier molecular flexibility index (Phi) is 4.67. The van der Waals surface area contributed by atoms with E-state index in [4.69, 9.17) is 0 Å². The average molecular weight is 172 g/mol. The third-order valence-electron chi connectivity index (χ3n) is 2.12. The monoisotopic (exact) mass is 172 g/mol. The lowest BCUT2D eigenvalue weighted by molar-refractivity contribution is -0.107. The molecule has 0 saturated carbocycles. The van der Waals surface area contributed by atoms with Crippen molar-refractivity contribution in [1.82, 2.24) is 0 Å². The highest BCUT2D eigenvalue weighted by Crippen LogP contribution is 2.28. The first-order valence-corrected chi connectivity index (χ1v) is 5.53. The van der Waals surface area contributed by atoms with Crippen molar-refractivity contribution in [3.05, 3.63) is 0 Å². The van der Waals surface area contributed by atoms with Gasteiger partial charge < -0.3 is 4.79 Å². The highest BCUT2D eigenvalue weighted by atomic mass is 32.2. The summed E-state index contributed by atoms with van der Waals surface area (Å²) in [6.07, 6.45) is 8.33. The SMILES string of the molecule is O=CCCCC1CCCCS1. The molecular weight excluding hydrogens is 156 g/mol. The largest absolute Gasteiger partial charge is 0.303 e. The summed E-state index contributed by atoms with van der Waals surface area (Å²) < 4.78 is 0. The average Bonchev–Trinajstić information content (AvgIpc) is 2.07. The third-order valence-corrected chi connectivity index (χ3v) is 3.59. The van der Waals surface area contributed by atoms with Gasteiger partial charge in [-0.2, -0.15) is 11.8 Å². The number of carbonyl (C=O) groups is 1. The van der Waals surface area contributed by atoms with Crippen LogP contribution in [0, 0.1) is 0 Å². The first kappa shape index (κ1) is 9.11. The van der Waals surface area contributed by atoms with Crippen molar-refractivity contribution in [2.45, 2.75) is 43.8 Å². The molecule has 0 bridgehead atoms. The van der Waals surface area contributed by atoms with E-state index in [2.05, 4.69) is 11.8 Å². The molecule has 1 heterocycles. The van der Waals surface area contributed by atoms with E-state index in [0.29, 0.717) is 0 Å². The second-order valence-electron chi connectivity index (χ2n) is 3.09. The smallest absolute Gasteiger partial charge is 0.119 e. The van der Waals surface area contributed by atoms with E-state index in [-0.39, 0.29) is 0 Å². The fourth-order valence-electron chi connectivity index (χ4n) is 1.46. The normalized spacial score (nSPS) is 24.9. The number of carbonyl (C=O) groups excluding carboxylic acids is 1. The number of rotatable bonds is 4. The fourth-order valence-corrected chi connectivity index (χ4v) is 2.83. The Hall–Kier alpha value is 0.0200. The van der Waals surface area contributed by atoms with Gasteiger partial charge in [-0.05, 0) is 31.4 Å². The van der Waals surface area contributed by atoms with Crippen LogP contribution < -0.4 is 0 Å². The van der Waals surface area contributed by atoms with Gasteiger partial charge in [-0.1, -0.05) is 6.42 Å². The van der Waals surface area contributed by atoms with Gasteiger partial charge in [0.2, 0.25) is 0 Å². The summed E-state index contributed by atoms with van der Waals surface area (Å²) in [6.45, 7) is 0. The number of aldehydes is 1. The second-order valence-corrected chi connectivity index (χ2v) is 4.49. The first-order valence-electron chi connectivity index (χ1n) is 4.48. The summed E-state index contributed by atoms with van der Waals surface area (Å²) >= 11 is 2.10. The van der Waals surface area contributed by atoms with E-state index in [1.807, 2.05) is 0 Å². The van der Waals surface area contributed by atoms with Gasteiger partial charge in [-0.3, -0.25) is 0 Å². The Labute approximate surface area is 72.9 Å². The van der Waals surface area contributed by atoms with Crippen LogP contribution in [0.5, 0.6) is 0 Å². The topological polar surface area (TPSA) is 17.1 Å². The Balaban J connectivity index is 2.00. The molecule has 0 aliphatic carbocycles.